The van der Waals surface area contributed by atoms with Crippen molar-refractivity contribution in [2.75, 3.05) is 6.61 Å². The van der Waals surface area contributed by atoms with Gasteiger partial charge < -0.3 is 9.47 Å². The van der Waals surface area contributed by atoms with Gasteiger partial charge in [-0.05, 0) is 26.2 Å². The van der Waals surface area contributed by atoms with Crippen LogP contribution in [0.2, 0.25) is 0 Å². The van der Waals surface area contributed by atoms with Crippen LogP contribution in [0.1, 0.15) is 117 Å². The van der Waals surface area contributed by atoms with Crippen LogP contribution in [-0.4, -0.2) is 39.8 Å². The molecule has 1 unspecified atom stereocenters. The van der Waals surface area contributed by atoms with E-state index < -0.39 is 0 Å². The molecule has 1 aromatic heterocycles. The lowest BCUT2D eigenvalue weighted by molar-refractivity contribution is -0.145. The van der Waals surface area contributed by atoms with Gasteiger partial charge in [0.15, 0.2) is 0 Å². The minimum atomic E-state index is -0.276. The zero-order valence-corrected chi connectivity index (χ0v) is 20.1. The first-order chi connectivity index (χ1) is 14.4. The summed E-state index contributed by atoms with van der Waals surface area (Å²) in [5.74, 6) is 0.0198. The molecular formula is C24H45N3O3. The van der Waals surface area contributed by atoms with Crippen LogP contribution in [0.4, 0.5) is 0 Å². The first-order valence-electron chi connectivity index (χ1n) is 12.1. The normalized spacial score (nSPS) is 12.6. The van der Waals surface area contributed by atoms with Crippen molar-refractivity contribution in [3.05, 3.63) is 11.9 Å². The molecule has 0 spiro atoms. The molecule has 0 saturated carbocycles. The van der Waals surface area contributed by atoms with Gasteiger partial charge >= 0.3 is 5.97 Å². The smallest absolute Gasteiger partial charge is 0.327 e. The molecule has 0 aliphatic rings. The van der Waals surface area contributed by atoms with Gasteiger partial charge in [0.05, 0.1) is 24.5 Å². The molecule has 1 rings (SSSR count). The molecular weight excluding hydrogens is 378 g/mol. The van der Waals surface area contributed by atoms with E-state index in [2.05, 4.69) is 44.9 Å². The lowest BCUT2D eigenvalue weighted by Gasteiger charge is -2.20. The number of unbranched alkanes of at least 4 members (excludes halogenated alkanes) is 8. The van der Waals surface area contributed by atoms with Crippen LogP contribution in [0.5, 0.6) is 0 Å². The van der Waals surface area contributed by atoms with E-state index in [1.54, 1.807) is 10.9 Å². The van der Waals surface area contributed by atoms with Gasteiger partial charge in [-0.1, -0.05) is 83.8 Å². The second kappa shape index (κ2) is 16.3. The van der Waals surface area contributed by atoms with Gasteiger partial charge in [0, 0.05) is 12.6 Å². The fourth-order valence-electron chi connectivity index (χ4n) is 3.49. The number of nitrogens with zero attached hydrogens (tertiary/aromatic N) is 3. The van der Waals surface area contributed by atoms with E-state index in [0.717, 1.165) is 18.5 Å². The Morgan fingerprint density at radius 3 is 2.17 bits per heavy atom. The molecule has 0 radical (unpaired) electrons. The van der Waals surface area contributed by atoms with E-state index in [1.165, 1.54) is 57.8 Å². The largest absolute Gasteiger partial charge is 0.464 e. The summed E-state index contributed by atoms with van der Waals surface area (Å²) in [4.78, 5) is 12.1. The van der Waals surface area contributed by atoms with Gasteiger partial charge in [-0.3, -0.25) is 4.79 Å². The van der Waals surface area contributed by atoms with Crippen molar-refractivity contribution in [1.29, 1.82) is 0 Å². The summed E-state index contributed by atoms with van der Waals surface area (Å²) in [5.41, 5.74) is 0.883. The number of hydrogen-bond donors (Lipinski definition) is 0. The second-order valence-electron chi connectivity index (χ2n) is 8.93. The summed E-state index contributed by atoms with van der Waals surface area (Å²) >= 11 is 0. The predicted molar refractivity (Wildman–Crippen MR) is 122 cm³/mol. The van der Waals surface area contributed by atoms with E-state index in [-0.39, 0.29) is 24.7 Å². The number of carbonyl (C=O) groups excluding carboxylic acids is 1. The minimum absolute atomic E-state index is 0.105. The first kappa shape index (κ1) is 26.6. The van der Waals surface area contributed by atoms with Crippen molar-refractivity contribution in [2.45, 2.75) is 130 Å². The van der Waals surface area contributed by atoms with Crippen LogP contribution < -0.4 is 0 Å². The third-order valence-corrected chi connectivity index (χ3v) is 5.24. The number of esters is 1. The van der Waals surface area contributed by atoms with E-state index >= 15 is 0 Å². The van der Waals surface area contributed by atoms with Gasteiger partial charge in [0.25, 0.3) is 0 Å². The molecule has 1 heterocycles. The summed E-state index contributed by atoms with van der Waals surface area (Å²) in [7, 11) is 0. The molecule has 174 valence electrons. The van der Waals surface area contributed by atoms with Crippen LogP contribution >= 0.6 is 0 Å². The van der Waals surface area contributed by atoms with Crippen molar-refractivity contribution in [2.24, 2.45) is 0 Å². The maximum atomic E-state index is 12.1. The van der Waals surface area contributed by atoms with E-state index in [9.17, 15) is 4.79 Å². The van der Waals surface area contributed by atoms with Crippen molar-refractivity contribution < 1.29 is 14.3 Å². The minimum Gasteiger partial charge on any atom is -0.464 e. The number of ether oxygens (including phenoxy) is 2. The van der Waals surface area contributed by atoms with Gasteiger partial charge in [0.2, 0.25) is 0 Å². The topological polar surface area (TPSA) is 66.2 Å². The van der Waals surface area contributed by atoms with E-state index in [1.807, 2.05) is 0 Å². The number of hydrogen-bond acceptors (Lipinski definition) is 5. The molecule has 0 bridgehead atoms. The van der Waals surface area contributed by atoms with Gasteiger partial charge in [0.1, 0.15) is 6.54 Å². The highest BCUT2D eigenvalue weighted by molar-refractivity contribution is 5.68. The third-order valence-electron chi connectivity index (χ3n) is 5.24. The number of aromatic nitrogens is 3. The van der Waals surface area contributed by atoms with Crippen LogP contribution in [0.3, 0.4) is 0 Å². The Morgan fingerprint density at radius 1 is 0.967 bits per heavy atom. The highest BCUT2D eigenvalue weighted by atomic mass is 16.5. The fraction of sp³-hybridized carbons (Fsp3) is 0.875. The summed E-state index contributed by atoms with van der Waals surface area (Å²) in [6, 6.07) is 0. The molecule has 6 nitrogen and oxygen atoms in total. The Labute approximate surface area is 184 Å². The number of rotatable bonds is 18. The Kier molecular flexibility index (Phi) is 14.4. The van der Waals surface area contributed by atoms with E-state index in [0.29, 0.717) is 12.5 Å². The summed E-state index contributed by atoms with van der Waals surface area (Å²) in [6.45, 7) is 11.0. The van der Waals surface area contributed by atoms with Gasteiger partial charge in [-0.15, -0.1) is 5.10 Å². The second-order valence-corrected chi connectivity index (χ2v) is 8.93. The molecule has 0 amide bonds. The quantitative estimate of drug-likeness (QED) is 0.212. The SMILES string of the molecule is CCCCCCCCCCCC(CCOC(=O)Cn1cc(C(C)C)nn1)OC(C)C. The molecule has 1 atom stereocenters. The zero-order valence-electron chi connectivity index (χ0n) is 20.1. The lowest BCUT2D eigenvalue weighted by Crippen LogP contribution is -2.22. The summed E-state index contributed by atoms with van der Waals surface area (Å²) in [5, 5.41) is 8.06. The first-order valence-corrected chi connectivity index (χ1v) is 12.1. The number of carbonyl (C=O) groups is 1. The van der Waals surface area contributed by atoms with Crippen LogP contribution in [0, 0.1) is 0 Å². The van der Waals surface area contributed by atoms with E-state index in [4.69, 9.17) is 9.47 Å². The average molecular weight is 424 g/mol. The highest BCUT2D eigenvalue weighted by Crippen LogP contribution is 2.15. The molecule has 1 aromatic rings. The maximum Gasteiger partial charge on any atom is 0.327 e. The van der Waals surface area contributed by atoms with Crippen molar-refractivity contribution in [3.63, 3.8) is 0 Å². The standard InChI is InChI=1S/C24H45N3O3/c1-6-7-8-9-10-11-12-13-14-15-22(30-21(4)5)16-17-29-24(28)19-27-18-23(20(2)3)25-26-27/h18,20-22H,6-17,19H2,1-5H3. The fourth-order valence-corrected chi connectivity index (χ4v) is 3.49. The van der Waals surface area contributed by atoms with Crippen LogP contribution in [0.15, 0.2) is 6.20 Å². The monoisotopic (exact) mass is 423 g/mol. The molecule has 6 heteroatoms. The Balaban J connectivity index is 2.19. The van der Waals surface area contributed by atoms with Gasteiger partial charge in [-0.25, -0.2) is 4.68 Å². The maximum absolute atomic E-state index is 12.1. The van der Waals surface area contributed by atoms with Gasteiger partial charge in [-0.2, -0.15) is 0 Å². The Hall–Kier alpha value is -1.43. The molecule has 0 aliphatic heterocycles. The van der Waals surface area contributed by atoms with Crippen molar-refractivity contribution in [1.82, 2.24) is 15.0 Å². The molecule has 0 saturated heterocycles. The molecule has 0 N–H and O–H groups in total. The molecule has 0 fully saturated rings. The zero-order chi connectivity index (χ0) is 22.2. The molecule has 0 aliphatic carbocycles. The van der Waals surface area contributed by atoms with Crippen molar-refractivity contribution in [3.8, 4) is 0 Å². The highest BCUT2D eigenvalue weighted by Gasteiger charge is 2.14. The lowest BCUT2D eigenvalue weighted by atomic mass is 10.0. The Morgan fingerprint density at radius 2 is 1.60 bits per heavy atom. The average Bonchev–Trinajstić information content (AvgIpc) is 3.14. The van der Waals surface area contributed by atoms with Crippen molar-refractivity contribution >= 4 is 5.97 Å². The summed E-state index contributed by atoms with van der Waals surface area (Å²) in [6.07, 6.45) is 15.8. The predicted octanol–water partition coefficient (Wildman–Crippen LogP) is 6.05. The molecule has 30 heavy (non-hydrogen) atoms. The summed E-state index contributed by atoms with van der Waals surface area (Å²) < 4.78 is 13.0. The Bertz CT molecular complexity index is 558. The third kappa shape index (κ3) is 13.0. The molecule has 0 aromatic carbocycles. The van der Waals surface area contributed by atoms with Crippen LogP contribution in [0.25, 0.3) is 0 Å². The van der Waals surface area contributed by atoms with Crippen LogP contribution in [-0.2, 0) is 20.8 Å².